The summed E-state index contributed by atoms with van der Waals surface area (Å²) in [5.74, 6) is 0. The first-order chi connectivity index (χ1) is 17.8. The van der Waals surface area contributed by atoms with Crippen LogP contribution in [-0.2, 0) is 18.9 Å². The highest BCUT2D eigenvalue weighted by atomic mass is 16.8. The van der Waals surface area contributed by atoms with Crippen molar-refractivity contribution >= 4 is 0 Å². The van der Waals surface area contributed by atoms with Gasteiger partial charge in [0.25, 0.3) is 0 Å². The van der Waals surface area contributed by atoms with Crippen LogP contribution in [0.3, 0.4) is 0 Å². The summed E-state index contributed by atoms with van der Waals surface area (Å²) >= 11 is 0. The van der Waals surface area contributed by atoms with E-state index in [4.69, 9.17) is 18.9 Å². The third kappa shape index (κ3) is 10.2. The Balaban J connectivity index is 1.77. The fraction of sp³-hybridized carbons (Fsp3) is 1.00. The summed E-state index contributed by atoms with van der Waals surface area (Å²) in [6, 6.07) is 0. The van der Waals surface area contributed by atoms with Crippen LogP contribution in [0.1, 0.15) is 84.0 Å². The Hall–Kier alpha value is -0.440. The van der Waals surface area contributed by atoms with Gasteiger partial charge in [0.2, 0.25) is 0 Å². The lowest BCUT2D eigenvalue weighted by molar-refractivity contribution is -0.367. The van der Waals surface area contributed by atoms with E-state index in [0.29, 0.717) is 0 Å². The van der Waals surface area contributed by atoms with Gasteiger partial charge in [0.1, 0.15) is 48.8 Å². The maximum absolute atomic E-state index is 10.6. The molecular weight excluding hydrogens is 488 g/mol. The second kappa shape index (κ2) is 18.0. The Kier molecular flexibility index (Phi) is 16.0. The molecule has 0 spiro atoms. The Morgan fingerprint density at radius 3 is 1.51 bits per heavy atom. The molecule has 0 aromatic carbocycles. The molecule has 0 radical (unpaired) electrons. The van der Waals surface area contributed by atoms with Crippen LogP contribution in [0.15, 0.2) is 0 Å². The maximum atomic E-state index is 10.6. The molecule has 0 aromatic heterocycles. The molecule has 37 heavy (non-hydrogen) atoms. The van der Waals surface area contributed by atoms with E-state index in [1.165, 1.54) is 51.4 Å². The van der Waals surface area contributed by atoms with Crippen molar-refractivity contribution in [1.82, 2.24) is 0 Å². The smallest absolute Gasteiger partial charge is 0.187 e. The van der Waals surface area contributed by atoms with E-state index in [1.807, 2.05) is 0 Å². The molecule has 11 nitrogen and oxygen atoms in total. The summed E-state index contributed by atoms with van der Waals surface area (Å²) in [6.07, 6.45) is 0.0143. The molecular formula is C26H50O11. The summed E-state index contributed by atoms with van der Waals surface area (Å²) in [5, 5.41) is 70.1. The lowest BCUT2D eigenvalue weighted by atomic mass is 9.97. The van der Waals surface area contributed by atoms with Gasteiger partial charge in [0, 0.05) is 6.61 Å². The van der Waals surface area contributed by atoms with Crippen molar-refractivity contribution in [3.8, 4) is 0 Å². The first-order valence-corrected chi connectivity index (χ1v) is 14.1. The molecule has 0 aliphatic carbocycles. The average molecular weight is 539 g/mol. The fourth-order valence-electron chi connectivity index (χ4n) is 4.81. The third-order valence-electron chi connectivity index (χ3n) is 7.24. The van der Waals surface area contributed by atoms with Crippen LogP contribution < -0.4 is 0 Å². The van der Waals surface area contributed by atoms with E-state index in [2.05, 4.69) is 6.92 Å². The Morgan fingerprint density at radius 2 is 1.00 bits per heavy atom. The number of hydrogen-bond donors (Lipinski definition) is 7. The fourth-order valence-corrected chi connectivity index (χ4v) is 4.81. The molecule has 0 amide bonds. The number of unbranched alkanes of at least 4 members (excludes halogenated alkanes) is 11. The summed E-state index contributed by atoms with van der Waals surface area (Å²) in [5.41, 5.74) is 0. The highest BCUT2D eigenvalue weighted by Gasteiger charge is 2.50. The molecule has 220 valence electrons. The molecule has 11 heteroatoms. The van der Waals surface area contributed by atoms with Crippen molar-refractivity contribution in [2.45, 2.75) is 145 Å². The highest BCUT2D eigenvalue weighted by Crippen LogP contribution is 2.29. The van der Waals surface area contributed by atoms with Crippen LogP contribution >= 0.6 is 0 Å². The maximum Gasteiger partial charge on any atom is 0.187 e. The Morgan fingerprint density at radius 1 is 0.541 bits per heavy atom. The minimum atomic E-state index is -1.69. The van der Waals surface area contributed by atoms with Gasteiger partial charge in [-0.15, -0.1) is 0 Å². The van der Waals surface area contributed by atoms with Gasteiger partial charge in [-0.05, 0) is 6.42 Å². The molecule has 10 atom stereocenters. The highest BCUT2D eigenvalue weighted by molar-refractivity contribution is 4.93. The molecule has 2 saturated heterocycles. The van der Waals surface area contributed by atoms with E-state index < -0.39 is 74.6 Å². The lowest BCUT2D eigenvalue weighted by Gasteiger charge is -2.45. The van der Waals surface area contributed by atoms with Gasteiger partial charge in [-0.3, -0.25) is 0 Å². The van der Waals surface area contributed by atoms with Gasteiger partial charge >= 0.3 is 0 Å². The van der Waals surface area contributed by atoms with Crippen LogP contribution in [0.2, 0.25) is 0 Å². The molecule has 2 heterocycles. The van der Waals surface area contributed by atoms with Crippen molar-refractivity contribution in [3.63, 3.8) is 0 Å². The quantitative estimate of drug-likeness (QED) is 0.120. The molecule has 0 bridgehead atoms. The standard InChI is InChI=1S/C26H50O11/c1-2-3-4-5-6-7-8-9-10-11-12-13-14-34-26-24(22(32)20(30)18(16-28)36-26)37-25-23(33)21(31)19(29)17(15-27)35-25/h17-33H,2-16H2,1H3/t17-,18-,19-,20-,21+,22+,23-,24-,25+,26-/m1/s1. The number of aliphatic hydroxyl groups is 7. The molecule has 2 aliphatic heterocycles. The summed E-state index contributed by atoms with van der Waals surface area (Å²) in [6.45, 7) is 1.33. The molecule has 0 aromatic rings. The van der Waals surface area contributed by atoms with Gasteiger partial charge in [0.15, 0.2) is 12.6 Å². The second-order valence-corrected chi connectivity index (χ2v) is 10.3. The van der Waals surface area contributed by atoms with E-state index >= 15 is 0 Å². The predicted molar refractivity (Wildman–Crippen MR) is 133 cm³/mol. The lowest BCUT2D eigenvalue weighted by Crippen LogP contribution is -2.64. The van der Waals surface area contributed by atoms with Crippen LogP contribution in [0, 0.1) is 0 Å². The van der Waals surface area contributed by atoms with Crippen LogP contribution in [0.4, 0.5) is 0 Å². The van der Waals surface area contributed by atoms with Crippen molar-refractivity contribution in [2.75, 3.05) is 19.8 Å². The molecule has 2 aliphatic rings. The van der Waals surface area contributed by atoms with Crippen LogP contribution in [-0.4, -0.2) is 117 Å². The molecule has 2 rings (SSSR count). The summed E-state index contributed by atoms with van der Waals surface area (Å²) < 4.78 is 22.4. The van der Waals surface area contributed by atoms with Gasteiger partial charge in [0.05, 0.1) is 13.2 Å². The first-order valence-electron chi connectivity index (χ1n) is 14.1. The largest absolute Gasteiger partial charge is 0.394 e. The average Bonchev–Trinajstić information content (AvgIpc) is 2.90. The van der Waals surface area contributed by atoms with Crippen molar-refractivity contribution < 1.29 is 54.7 Å². The first kappa shape index (κ1) is 32.8. The van der Waals surface area contributed by atoms with Crippen LogP contribution in [0.5, 0.6) is 0 Å². The van der Waals surface area contributed by atoms with Crippen molar-refractivity contribution in [2.24, 2.45) is 0 Å². The number of hydrogen-bond acceptors (Lipinski definition) is 11. The molecule has 0 saturated carbocycles. The van der Waals surface area contributed by atoms with Gasteiger partial charge in [-0.25, -0.2) is 0 Å². The minimum Gasteiger partial charge on any atom is -0.394 e. The van der Waals surface area contributed by atoms with Gasteiger partial charge in [-0.2, -0.15) is 0 Å². The molecule has 7 N–H and O–H groups in total. The minimum absolute atomic E-state index is 0.289. The van der Waals surface area contributed by atoms with E-state index in [9.17, 15) is 35.7 Å². The van der Waals surface area contributed by atoms with E-state index in [1.54, 1.807) is 0 Å². The van der Waals surface area contributed by atoms with E-state index in [-0.39, 0.29) is 6.61 Å². The number of aliphatic hydroxyl groups excluding tert-OH is 7. The summed E-state index contributed by atoms with van der Waals surface area (Å²) in [4.78, 5) is 0. The van der Waals surface area contributed by atoms with Crippen molar-refractivity contribution in [1.29, 1.82) is 0 Å². The Bertz CT molecular complexity index is 581. The van der Waals surface area contributed by atoms with Crippen molar-refractivity contribution in [3.05, 3.63) is 0 Å². The van der Waals surface area contributed by atoms with Crippen LogP contribution in [0.25, 0.3) is 0 Å². The molecule has 2 fully saturated rings. The SMILES string of the molecule is CCCCCCCCCCCCCCO[C@@H]1O[C@H](CO)[C@@H](O)[C@H](O)[C@H]1O[C@@H]1O[C@H](CO)[C@@H](O)[C@H](O)[C@H]1O. The van der Waals surface area contributed by atoms with Gasteiger partial charge in [-0.1, -0.05) is 77.6 Å². The zero-order valence-corrected chi connectivity index (χ0v) is 22.1. The second-order valence-electron chi connectivity index (χ2n) is 10.3. The van der Waals surface area contributed by atoms with E-state index in [0.717, 1.165) is 25.7 Å². The normalized spacial score (nSPS) is 36.6. The zero-order chi connectivity index (χ0) is 27.2. The topological polar surface area (TPSA) is 179 Å². The van der Waals surface area contributed by atoms with Gasteiger partial charge < -0.3 is 54.7 Å². The zero-order valence-electron chi connectivity index (χ0n) is 22.1. The Labute approximate surface area is 220 Å². The monoisotopic (exact) mass is 538 g/mol. The summed E-state index contributed by atoms with van der Waals surface area (Å²) in [7, 11) is 0. The molecule has 0 unspecified atom stereocenters. The number of rotatable bonds is 18. The predicted octanol–water partition coefficient (Wildman–Crippen LogP) is 0.328. The third-order valence-corrected chi connectivity index (χ3v) is 7.24. The number of ether oxygens (including phenoxy) is 4.